The summed E-state index contributed by atoms with van der Waals surface area (Å²) in [4.78, 5) is 0. The molecule has 4 heteroatoms. The molecule has 0 radical (unpaired) electrons. The van der Waals surface area contributed by atoms with Crippen LogP contribution in [0.2, 0.25) is 5.02 Å². The summed E-state index contributed by atoms with van der Waals surface area (Å²) in [5, 5.41) is 5.18. The van der Waals surface area contributed by atoms with Crippen LogP contribution in [0.3, 0.4) is 0 Å². The van der Waals surface area contributed by atoms with Gasteiger partial charge in [-0.1, -0.05) is 32.4 Å². The molecule has 3 nitrogen and oxygen atoms in total. The summed E-state index contributed by atoms with van der Waals surface area (Å²) < 4.78 is 1.96. The van der Waals surface area contributed by atoms with Gasteiger partial charge in [0.2, 0.25) is 0 Å². The van der Waals surface area contributed by atoms with Crippen molar-refractivity contribution in [2.75, 3.05) is 0 Å². The monoisotopic (exact) mass is 257 g/mol. The van der Waals surface area contributed by atoms with Gasteiger partial charge in [0.15, 0.2) is 0 Å². The molecule has 2 N–H and O–H groups in total. The van der Waals surface area contributed by atoms with Gasteiger partial charge in [0.05, 0.1) is 16.4 Å². The fraction of sp³-hybridized carbons (Fsp3) is 0.769. The highest BCUT2D eigenvalue weighted by Crippen LogP contribution is 2.25. The van der Waals surface area contributed by atoms with Gasteiger partial charge in [-0.25, -0.2) is 0 Å². The highest BCUT2D eigenvalue weighted by molar-refractivity contribution is 6.31. The molecular formula is C13H24ClN3. The van der Waals surface area contributed by atoms with Crippen LogP contribution in [0.5, 0.6) is 0 Å². The minimum atomic E-state index is 0.133. The zero-order valence-electron chi connectivity index (χ0n) is 11.5. The topological polar surface area (TPSA) is 43.8 Å². The van der Waals surface area contributed by atoms with Gasteiger partial charge in [0.25, 0.3) is 0 Å². The molecule has 0 aliphatic rings. The van der Waals surface area contributed by atoms with E-state index in [9.17, 15) is 0 Å². The first kappa shape index (κ1) is 14.5. The Bertz CT molecular complexity index is 377. The maximum atomic E-state index is 6.27. The number of halogens is 1. The van der Waals surface area contributed by atoms with Gasteiger partial charge >= 0.3 is 0 Å². The molecule has 1 aromatic rings. The van der Waals surface area contributed by atoms with Crippen molar-refractivity contribution in [3.63, 3.8) is 0 Å². The molecule has 0 aromatic carbocycles. The molecule has 0 bridgehead atoms. The Balaban J connectivity index is 2.80. The Morgan fingerprint density at radius 3 is 2.47 bits per heavy atom. The predicted molar refractivity (Wildman–Crippen MR) is 73.4 cm³/mol. The minimum absolute atomic E-state index is 0.133. The van der Waals surface area contributed by atoms with E-state index in [1.807, 2.05) is 11.6 Å². The highest BCUT2D eigenvalue weighted by Gasteiger charge is 2.20. The van der Waals surface area contributed by atoms with E-state index in [2.05, 4.69) is 32.8 Å². The standard InChI is InChI=1S/C13H24ClN3/c1-6-17-11(12(14)9(2)16-17)7-10(15)8-13(3,4)5/h10H,6-8,15H2,1-5H3. The number of nitrogens with two attached hydrogens (primary N) is 1. The lowest BCUT2D eigenvalue weighted by Gasteiger charge is -2.23. The van der Waals surface area contributed by atoms with E-state index in [1.54, 1.807) is 0 Å². The summed E-state index contributed by atoms with van der Waals surface area (Å²) in [6.07, 6.45) is 1.78. The molecule has 0 fully saturated rings. The van der Waals surface area contributed by atoms with E-state index in [4.69, 9.17) is 17.3 Å². The zero-order chi connectivity index (χ0) is 13.2. The first-order valence-electron chi connectivity index (χ1n) is 6.22. The largest absolute Gasteiger partial charge is 0.327 e. The molecule has 0 aliphatic heterocycles. The van der Waals surface area contributed by atoms with Crippen molar-refractivity contribution in [1.82, 2.24) is 9.78 Å². The van der Waals surface area contributed by atoms with Crippen molar-refractivity contribution in [1.29, 1.82) is 0 Å². The Kier molecular flexibility index (Phi) is 4.62. The molecule has 0 spiro atoms. The number of nitrogens with zero attached hydrogens (tertiary/aromatic N) is 2. The van der Waals surface area contributed by atoms with E-state index in [1.165, 1.54) is 0 Å². The van der Waals surface area contributed by atoms with Crippen LogP contribution in [-0.4, -0.2) is 15.8 Å². The van der Waals surface area contributed by atoms with Crippen LogP contribution in [0, 0.1) is 12.3 Å². The molecule has 0 saturated carbocycles. The third-order valence-corrected chi connectivity index (χ3v) is 3.27. The lowest BCUT2D eigenvalue weighted by Crippen LogP contribution is -2.29. The number of hydrogen-bond acceptors (Lipinski definition) is 2. The number of hydrogen-bond donors (Lipinski definition) is 1. The molecular weight excluding hydrogens is 234 g/mol. The van der Waals surface area contributed by atoms with Crippen LogP contribution in [-0.2, 0) is 13.0 Å². The van der Waals surface area contributed by atoms with Crippen molar-refractivity contribution in [3.05, 3.63) is 16.4 Å². The van der Waals surface area contributed by atoms with Crippen LogP contribution in [0.4, 0.5) is 0 Å². The van der Waals surface area contributed by atoms with Crippen LogP contribution in [0.15, 0.2) is 0 Å². The van der Waals surface area contributed by atoms with Gasteiger partial charge in [-0.05, 0) is 25.7 Å². The van der Waals surface area contributed by atoms with E-state index >= 15 is 0 Å². The Labute approximate surface area is 109 Å². The second kappa shape index (κ2) is 5.40. The summed E-state index contributed by atoms with van der Waals surface area (Å²) >= 11 is 6.27. The Morgan fingerprint density at radius 1 is 1.41 bits per heavy atom. The highest BCUT2D eigenvalue weighted by atomic mass is 35.5. The Hall–Kier alpha value is -0.540. The minimum Gasteiger partial charge on any atom is -0.327 e. The second-order valence-electron chi connectivity index (χ2n) is 5.89. The molecule has 1 unspecified atom stereocenters. The molecule has 1 atom stereocenters. The second-order valence-corrected chi connectivity index (χ2v) is 6.27. The lowest BCUT2D eigenvalue weighted by atomic mass is 9.87. The fourth-order valence-corrected chi connectivity index (χ4v) is 2.38. The third-order valence-electron chi connectivity index (χ3n) is 2.78. The van der Waals surface area contributed by atoms with E-state index in [0.717, 1.165) is 35.8 Å². The fourth-order valence-electron chi connectivity index (χ4n) is 2.17. The molecule has 0 aliphatic carbocycles. The summed E-state index contributed by atoms with van der Waals surface area (Å²) in [5.74, 6) is 0. The molecule has 1 rings (SSSR count). The lowest BCUT2D eigenvalue weighted by molar-refractivity contribution is 0.335. The number of aromatic nitrogens is 2. The van der Waals surface area contributed by atoms with Gasteiger partial charge in [-0.2, -0.15) is 5.10 Å². The zero-order valence-corrected chi connectivity index (χ0v) is 12.3. The van der Waals surface area contributed by atoms with Crippen LogP contribution >= 0.6 is 11.6 Å². The smallest absolute Gasteiger partial charge is 0.0847 e. The number of rotatable bonds is 4. The maximum absolute atomic E-state index is 6.27. The van der Waals surface area contributed by atoms with Crippen LogP contribution < -0.4 is 5.73 Å². The van der Waals surface area contributed by atoms with E-state index in [0.29, 0.717) is 0 Å². The van der Waals surface area contributed by atoms with Gasteiger partial charge < -0.3 is 5.73 Å². The molecule has 17 heavy (non-hydrogen) atoms. The SMILES string of the molecule is CCn1nc(C)c(Cl)c1CC(N)CC(C)(C)C. The summed E-state index contributed by atoms with van der Waals surface area (Å²) in [6, 6.07) is 0.133. The van der Waals surface area contributed by atoms with Crippen molar-refractivity contribution in [2.45, 2.75) is 60.0 Å². The van der Waals surface area contributed by atoms with E-state index < -0.39 is 0 Å². The molecule has 0 amide bonds. The van der Waals surface area contributed by atoms with E-state index in [-0.39, 0.29) is 11.5 Å². The summed E-state index contributed by atoms with van der Waals surface area (Å²) in [6.45, 7) is 11.5. The average molecular weight is 258 g/mol. The predicted octanol–water partition coefficient (Wildman–Crippen LogP) is 3.17. The maximum Gasteiger partial charge on any atom is 0.0847 e. The Morgan fingerprint density at radius 2 is 2.00 bits per heavy atom. The first-order chi connectivity index (χ1) is 7.74. The van der Waals surface area contributed by atoms with Gasteiger partial charge in [0, 0.05) is 19.0 Å². The molecule has 98 valence electrons. The van der Waals surface area contributed by atoms with Gasteiger partial charge in [-0.15, -0.1) is 0 Å². The van der Waals surface area contributed by atoms with Crippen molar-refractivity contribution >= 4 is 11.6 Å². The van der Waals surface area contributed by atoms with Crippen molar-refractivity contribution in [2.24, 2.45) is 11.1 Å². The molecule has 1 aromatic heterocycles. The van der Waals surface area contributed by atoms with Crippen LogP contribution in [0.25, 0.3) is 0 Å². The number of aryl methyl sites for hydroxylation is 2. The summed E-state index contributed by atoms with van der Waals surface area (Å²) in [7, 11) is 0. The van der Waals surface area contributed by atoms with Gasteiger partial charge in [-0.3, -0.25) is 4.68 Å². The average Bonchev–Trinajstić information content (AvgIpc) is 2.42. The normalized spacial score (nSPS) is 14.1. The van der Waals surface area contributed by atoms with Crippen molar-refractivity contribution < 1.29 is 0 Å². The molecule has 1 heterocycles. The van der Waals surface area contributed by atoms with Crippen molar-refractivity contribution in [3.8, 4) is 0 Å². The molecule has 0 saturated heterocycles. The quantitative estimate of drug-likeness (QED) is 0.900. The third kappa shape index (κ3) is 4.00. The first-order valence-corrected chi connectivity index (χ1v) is 6.59. The van der Waals surface area contributed by atoms with Gasteiger partial charge in [0.1, 0.15) is 0 Å². The summed E-state index contributed by atoms with van der Waals surface area (Å²) in [5.41, 5.74) is 8.41. The van der Waals surface area contributed by atoms with Crippen LogP contribution in [0.1, 0.15) is 45.5 Å².